The third-order valence-electron chi connectivity index (χ3n) is 0.804. The van der Waals surface area contributed by atoms with Crippen LogP contribution in [0.15, 0.2) is 0 Å². The van der Waals surface area contributed by atoms with Gasteiger partial charge in [0.05, 0.1) is 6.61 Å². The van der Waals surface area contributed by atoms with Gasteiger partial charge in [0, 0.05) is 13.0 Å². The van der Waals surface area contributed by atoms with Crippen LogP contribution in [0.4, 0.5) is 0 Å². The van der Waals surface area contributed by atoms with Gasteiger partial charge < -0.3 is 9.84 Å². The molecule has 1 aliphatic heterocycles. The first-order valence-electron chi connectivity index (χ1n) is 2.01. The molecule has 0 amide bonds. The Bertz CT molecular complexity index is 38.8. The van der Waals surface area contributed by atoms with Crippen LogP contribution in [-0.4, -0.2) is 18.3 Å². The number of aliphatic hydroxyl groups is 1. The van der Waals surface area contributed by atoms with Crippen LogP contribution < -0.4 is 0 Å². The lowest BCUT2D eigenvalue weighted by atomic mass is 10.3. The molecule has 1 radical (unpaired) electrons. The second kappa shape index (κ2) is 1.58. The number of hydrogen-bond donors (Lipinski definition) is 1. The summed E-state index contributed by atoms with van der Waals surface area (Å²) in [5.41, 5.74) is 0. The van der Waals surface area contributed by atoms with Crippen LogP contribution in [0.25, 0.3) is 0 Å². The minimum Gasteiger partial charge on any atom is -0.384 e. The Morgan fingerprint density at radius 1 is 1.67 bits per heavy atom. The Kier molecular flexibility index (Phi) is 1.08. The molecule has 0 aromatic heterocycles. The van der Waals surface area contributed by atoms with Crippen molar-refractivity contribution in [3.8, 4) is 0 Å². The molecule has 0 spiro atoms. The van der Waals surface area contributed by atoms with Gasteiger partial charge in [0.1, 0.15) is 6.10 Å². The highest BCUT2D eigenvalue weighted by atomic mass is 16.5. The van der Waals surface area contributed by atoms with Crippen molar-refractivity contribution < 1.29 is 9.84 Å². The fourth-order valence-corrected chi connectivity index (χ4v) is 0.452. The van der Waals surface area contributed by atoms with Gasteiger partial charge in [-0.05, 0) is 0 Å². The maximum absolute atomic E-state index is 8.52. The second-order valence-electron chi connectivity index (χ2n) is 1.37. The Morgan fingerprint density at radius 3 is 2.67 bits per heavy atom. The molecular formula is C4H7O2. The van der Waals surface area contributed by atoms with E-state index in [9.17, 15) is 0 Å². The first-order valence-corrected chi connectivity index (χ1v) is 2.01. The van der Waals surface area contributed by atoms with Gasteiger partial charge in [-0.25, -0.2) is 0 Å². The number of aliphatic hydroxyl groups excluding tert-OH is 1. The van der Waals surface area contributed by atoms with E-state index >= 15 is 0 Å². The molecule has 0 aromatic rings. The summed E-state index contributed by atoms with van der Waals surface area (Å²) in [6.07, 6.45) is 1.22. The maximum Gasteiger partial charge on any atom is 0.121 e. The van der Waals surface area contributed by atoms with Gasteiger partial charge in [-0.3, -0.25) is 0 Å². The Labute approximate surface area is 36.7 Å². The van der Waals surface area contributed by atoms with Crippen molar-refractivity contribution in [2.24, 2.45) is 0 Å². The Morgan fingerprint density at radius 2 is 2.50 bits per heavy atom. The second-order valence-corrected chi connectivity index (χ2v) is 1.37. The average Bonchev–Trinajstić information content (AvgIpc) is 1.86. The predicted molar refractivity (Wildman–Crippen MR) is 20.6 cm³/mol. The molecule has 0 atom stereocenters. The van der Waals surface area contributed by atoms with Gasteiger partial charge in [0.15, 0.2) is 0 Å². The molecule has 1 heterocycles. The van der Waals surface area contributed by atoms with Crippen molar-refractivity contribution in [3.63, 3.8) is 0 Å². The lowest BCUT2D eigenvalue weighted by molar-refractivity contribution is 0.175. The van der Waals surface area contributed by atoms with E-state index in [0.29, 0.717) is 19.3 Å². The Hall–Kier alpha value is -0.0800. The fourth-order valence-electron chi connectivity index (χ4n) is 0.452. The quantitative estimate of drug-likeness (QED) is 0.460. The smallest absolute Gasteiger partial charge is 0.121 e. The van der Waals surface area contributed by atoms with E-state index in [1.165, 1.54) is 0 Å². The van der Waals surface area contributed by atoms with Crippen LogP contribution >= 0.6 is 0 Å². The molecule has 1 rings (SSSR count). The van der Waals surface area contributed by atoms with Crippen LogP contribution in [0.1, 0.15) is 6.42 Å². The summed E-state index contributed by atoms with van der Waals surface area (Å²) in [7, 11) is 0. The molecule has 1 aliphatic rings. The van der Waals surface area contributed by atoms with Crippen LogP contribution in [0, 0.1) is 6.10 Å². The van der Waals surface area contributed by atoms with Gasteiger partial charge in [-0.2, -0.15) is 0 Å². The van der Waals surface area contributed by atoms with E-state index < -0.39 is 0 Å². The van der Waals surface area contributed by atoms with E-state index in [-0.39, 0.29) is 0 Å². The molecule has 0 bridgehead atoms. The predicted octanol–water partition coefficient (Wildman–Crippen LogP) is 0.311. The topological polar surface area (TPSA) is 29.5 Å². The van der Waals surface area contributed by atoms with Gasteiger partial charge >= 0.3 is 0 Å². The highest BCUT2D eigenvalue weighted by Crippen LogP contribution is 2.08. The van der Waals surface area contributed by atoms with Crippen molar-refractivity contribution >= 4 is 0 Å². The number of ether oxygens (including phenoxy) is 1. The van der Waals surface area contributed by atoms with Crippen LogP contribution in [0.3, 0.4) is 0 Å². The van der Waals surface area contributed by atoms with E-state index in [0.717, 1.165) is 6.42 Å². The lowest BCUT2D eigenvalue weighted by Crippen LogP contribution is -1.90. The molecule has 0 aliphatic carbocycles. The minimum absolute atomic E-state index is 0.458. The zero-order chi connectivity index (χ0) is 4.41. The summed E-state index contributed by atoms with van der Waals surface area (Å²) < 4.78 is 4.77. The molecule has 2 heteroatoms. The van der Waals surface area contributed by atoms with Gasteiger partial charge in [-0.1, -0.05) is 0 Å². The van der Waals surface area contributed by atoms with Crippen molar-refractivity contribution in [1.29, 1.82) is 0 Å². The van der Waals surface area contributed by atoms with Crippen molar-refractivity contribution in [3.05, 3.63) is 6.10 Å². The zero-order valence-electron chi connectivity index (χ0n) is 3.48. The third kappa shape index (κ3) is 0.698. The highest BCUT2D eigenvalue weighted by molar-refractivity contribution is 4.78. The maximum atomic E-state index is 8.52. The SMILES string of the molecule is O[C]1CCOC1. The molecular weight excluding hydrogens is 80.0 g/mol. The molecule has 1 fully saturated rings. The van der Waals surface area contributed by atoms with Crippen molar-refractivity contribution in [2.75, 3.05) is 13.2 Å². The van der Waals surface area contributed by atoms with Crippen LogP contribution in [0.5, 0.6) is 0 Å². The zero-order valence-corrected chi connectivity index (χ0v) is 3.48. The van der Waals surface area contributed by atoms with Crippen molar-refractivity contribution in [1.82, 2.24) is 0 Å². The standard InChI is InChI=1S/C4H7O2/c5-4-1-2-6-3-4/h5H,1-3H2. The summed E-state index contributed by atoms with van der Waals surface area (Å²) in [6.45, 7) is 1.16. The van der Waals surface area contributed by atoms with E-state index in [1.54, 1.807) is 0 Å². The molecule has 0 aromatic carbocycles. The van der Waals surface area contributed by atoms with Gasteiger partial charge in [-0.15, -0.1) is 0 Å². The van der Waals surface area contributed by atoms with Gasteiger partial charge in [0.25, 0.3) is 0 Å². The first-order chi connectivity index (χ1) is 2.89. The van der Waals surface area contributed by atoms with Crippen molar-refractivity contribution in [2.45, 2.75) is 6.42 Å². The lowest BCUT2D eigenvalue weighted by Gasteiger charge is -1.87. The van der Waals surface area contributed by atoms with Gasteiger partial charge in [0.2, 0.25) is 0 Å². The van der Waals surface area contributed by atoms with E-state index in [1.807, 2.05) is 0 Å². The summed E-state index contributed by atoms with van der Waals surface area (Å²) in [5, 5.41) is 8.52. The summed E-state index contributed by atoms with van der Waals surface area (Å²) in [4.78, 5) is 0. The third-order valence-corrected chi connectivity index (χ3v) is 0.804. The largest absolute Gasteiger partial charge is 0.384 e. The fraction of sp³-hybridized carbons (Fsp3) is 0.750. The number of hydrogen-bond acceptors (Lipinski definition) is 2. The summed E-state index contributed by atoms with van der Waals surface area (Å²) in [5.74, 6) is 0. The van der Waals surface area contributed by atoms with E-state index in [4.69, 9.17) is 9.84 Å². The molecule has 0 unspecified atom stereocenters. The minimum atomic E-state index is 0.458. The number of rotatable bonds is 0. The highest BCUT2D eigenvalue weighted by Gasteiger charge is 2.11. The summed E-state index contributed by atoms with van der Waals surface area (Å²) in [6, 6.07) is 0. The molecule has 1 N–H and O–H groups in total. The molecule has 35 valence electrons. The average molecular weight is 87.1 g/mol. The normalized spacial score (nSPS) is 25.5. The Balaban J connectivity index is 2.18. The van der Waals surface area contributed by atoms with Crippen LogP contribution in [-0.2, 0) is 4.74 Å². The first kappa shape index (κ1) is 4.09. The molecule has 6 heavy (non-hydrogen) atoms. The monoisotopic (exact) mass is 87.0 g/mol. The van der Waals surface area contributed by atoms with E-state index in [2.05, 4.69) is 0 Å². The van der Waals surface area contributed by atoms with Crippen LogP contribution in [0.2, 0.25) is 0 Å². The molecule has 0 saturated carbocycles. The summed E-state index contributed by atoms with van der Waals surface area (Å²) >= 11 is 0. The molecule has 2 nitrogen and oxygen atoms in total. The molecule has 1 saturated heterocycles.